The van der Waals surface area contributed by atoms with E-state index in [4.69, 9.17) is 0 Å². The van der Waals surface area contributed by atoms with E-state index in [1.807, 2.05) is 18.9 Å². The first kappa shape index (κ1) is 13.6. The molecule has 1 N–H and O–H groups in total. The van der Waals surface area contributed by atoms with Gasteiger partial charge < -0.3 is 10.2 Å². The van der Waals surface area contributed by atoms with Crippen molar-refractivity contribution in [2.45, 2.75) is 38.3 Å². The van der Waals surface area contributed by atoms with Crippen LogP contribution >= 0.6 is 0 Å². The first-order valence-electron chi connectivity index (χ1n) is 5.84. The Labute approximate surface area is 100 Å². The molecule has 0 spiro atoms. The Morgan fingerprint density at radius 2 is 2.31 bits per heavy atom. The Kier molecular flexibility index (Phi) is 5.41. The summed E-state index contributed by atoms with van der Waals surface area (Å²) in [5, 5.41) is 3.05. The molecule has 4 nitrogen and oxygen atoms in total. The largest absolute Gasteiger partial charge is 0.339 e. The van der Waals surface area contributed by atoms with Gasteiger partial charge in [-0.25, -0.2) is 0 Å². The second-order valence-corrected chi connectivity index (χ2v) is 5.98. The van der Waals surface area contributed by atoms with Crippen LogP contribution in [0, 0.1) is 0 Å². The van der Waals surface area contributed by atoms with Gasteiger partial charge in [0.2, 0.25) is 5.91 Å². The molecule has 0 aromatic heterocycles. The summed E-state index contributed by atoms with van der Waals surface area (Å²) in [5.74, 6) is 0.873. The first-order chi connectivity index (χ1) is 7.56. The number of likely N-dealkylation sites (N-methyl/N-ethyl adjacent to an activating group) is 1. The van der Waals surface area contributed by atoms with Gasteiger partial charge in [-0.05, 0) is 33.2 Å². The average molecular weight is 246 g/mol. The Balaban J connectivity index is 2.50. The van der Waals surface area contributed by atoms with E-state index >= 15 is 0 Å². The second-order valence-electron chi connectivity index (χ2n) is 4.43. The second kappa shape index (κ2) is 6.35. The summed E-state index contributed by atoms with van der Waals surface area (Å²) in [7, 11) is 1.07. The van der Waals surface area contributed by atoms with E-state index in [1.165, 1.54) is 0 Å². The maximum absolute atomic E-state index is 12.0. The van der Waals surface area contributed by atoms with Crippen LogP contribution in [-0.4, -0.2) is 52.7 Å². The monoisotopic (exact) mass is 246 g/mol. The fraction of sp³-hybridized carbons (Fsp3) is 0.909. The zero-order chi connectivity index (χ0) is 12.1. The zero-order valence-corrected chi connectivity index (χ0v) is 11.2. The molecule has 0 radical (unpaired) electrons. The highest BCUT2D eigenvalue weighted by molar-refractivity contribution is 7.84. The van der Waals surface area contributed by atoms with Crippen LogP contribution in [0.15, 0.2) is 0 Å². The normalized spacial score (nSPS) is 25.6. The van der Waals surface area contributed by atoms with Crippen molar-refractivity contribution in [1.82, 2.24) is 10.2 Å². The molecule has 1 fully saturated rings. The molecule has 0 saturated carbocycles. The van der Waals surface area contributed by atoms with Crippen molar-refractivity contribution < 1.29 is 9.00 Å². The summed E-state index contributed by atoms with van der Waals surface area (Å²) in [6, 6.07) is 0.177. The average Bonchev–Trinajstić information content (AvgIpc) is 2.26. The Morgan fingerprint density at radius 3 is 2.88 bits per heavy atom. The van der Waals surface area contributed by atoms with Crippen molar-refractivity contribution >= 4 is 16.7 Å². The molecule has 1 saturated heterocycles. The number of likely N-dealkylation sites (tertiary alicyclic amines) is 1. The van der Waals surface area contributed by atoms with Crippen molar-refractivity contribution in [2.75, 3.05) is 25.6 Å². The van der Waals surface area contributed by atoms with E-state index in [1.54, 1.807) is 6.26 Å². The summed E-state index contributed by atoms with van der Waals surface area (Å²) in [6.07, 6.45) is 4.52. The maximum Gasteiger partial charge on any atom is 0.239 e. The van der Waals surface area contributed by atoms with Crippen molar-refractivity contribution in [1.29, 1.82) is 0 Å². The van der Waals surface area contributed by atoms with Crippen LogP contribution in [0.2, 0.25) is 0 Å². The van der Waals surface area contributed by atoms with Gasteiger partial charge in [0.25, 0.3) is 0 Å². The van der Waals surface area contributed by atoms with Gasteiger partial charge in [-0.1, -0.05) is 0 Å². The third kappa shape index (κ3) is 3.56. The van der Waals surface area contributed by atoms with E-state index in [0.29, 0.717) is 5.75 Å². The fourth-order valence-electron chi connectivity index (χ4n) is 2.10. The molecule has 3 unspecified atom stereocenters. The number of hydrogen-bond acceptors (Lipinski definition) is 3. The third-order valence-electron chi connectivity index (χ3n) is 3.18. The van der Waals surface area contributed by atoms with Crippen LogP contribution in [0.5, 0.6) is 0 Å². The lowest BCUT2D eigenvalue weighted by Gasteiger charge is -2.36. The number of carbonyl (C=O) groups excluding carboxylic acids is 1. The van der Waals surface area contributed by atoms with E-state index in [0.717, 1.165) is 25.8 Å². The molecule has 16 heavy (non-hydrogen) atoms. The van der Waals surface area contributed by atoms with Gasteiger partial charge in [-0.2, -0.15) is 0 Å². The molecule has 1 aliphatic heterocycles. The topological polar surface area (TPSA) is 49.4 Å². The number of hydrogen-bond donors (Lipinski definition) is 1. The van der Waals surface area contributed by atoms with Gasteiger partial charge in [0.1, 0.15) is 0 Å². The van der Waals surface area contributed by atoms with E-state index in [2.05, 4.69) is 5.32 Å². The molecule has 3 atom stereocenters. The molecule has 0 aromatic rings. The number of nitrogens with one attached hydrogen (secondary N) is 1. The molecule has 94 valence electrons. The molecule has 0 bridgehead atoms. The smallest absolute Gasteiger partial charge is 0.239 e. The van der Waals surface area contributed by atoms with Gasteiger partial charge in [0.15, 0.2) is 0 Å². The van der Waals surface area contributed by atoms with Gasteiger partial charge in [0.05, 0.1) is 6.04 Å². The van der Waals surface area contributed by atoms with Gasteiger partial charge in [-0.3, -0.25) is 9.00 Å². The number of carbonyl (C=O) groups is 1. The Hall–Kier alpha value is -0.420. The van der Waals surface area contributed by atoms with Crippen molar-refractivity contribution in [2.24, 2.45) is 0 Å². The molecule has 1 amide bonds. The summed E-state index contributed by atoms with van der Waals surface area (Å²) >= 11 is 0. The maximum atomic E-state index is 12.0. The molecular formula is C11H22N2O2S. The third-order valence-corrected chi connectivity index (χ3v) is 3.99. The molecule has 0 aliphatic carbocycles. The van der Waals surface area contributed by atoms with Crippen LogP contribution in [0.1, 0.15) is 26.2 Å². The number of amides is 1. The minimum atomic E-state index is -0.766. The Morgan fingerprint density at radius 1 is 1.62 bits per heavy atom. The lowest BCUT2D eigenvalue weighted by Crippen LogP contribution is -2.52. The molecule has 1 aliphatic rings. The summed E-state index contributed by atoms with van der Waals surface area (Å²) in [4.78, 5) is 14.0. The first-order valence-corrected chi connectivity index (χ1v) is 7.56. The predicted octanol–water partition coefficient (Wildman–Crippen LogP) is 0.354. The molecular weight excluding hydrogens is 224 g/mol. The van der Waals surface area contributed by atoms with Gasteiger partial charge in [-0.15, -0.1) is 0 Å². The van der Waals surface area contributed by atoms with Crippen molar-refractivity contribution in [3.8, 4) is 0 Å². The fourth-order valence-corrected chi connectivity index (χ4v) is 2.77. The lowest BCUT2D eigenvalue weighted by atomic mass is 10.0. The van der Waals surface area contributed by atoms with Crippen LogP contribution in [-0.2, 0) is 15.6 Å². The minimum absolute atomic E-state index is 0.0247. The standard InChI is InChI=1S/C11H22N2O2S/c1-9(6-8-16(3)15)13-7-4-5-10(12-2)11(13)14/h9-10,12H,4-8H2,1-3H3. The van der Waals surface area contributed by atoms with Crippen LogP contribution in [0.25, 0.3) is 0 Å². The van der Waals surface area contributed by atoms with Crippen LogP contribution < -0.4 is 5.32 Å². The lowest BCUT2D eigenvalue weighted by molar-refractivity contribution is -0.138. The van der Waals surface area contributed by atoms with E-state index < -0.39 is 10.8 Å². The quantitative estimate of drug-likeness (QED) is 0.762. The van der Waals surface area contributed by atoms with Crippen LogP contribution in [0.3, 0.4) is 0 Å². The molecule has 5 heteroatoms. The van der Waals surface area contributed by atoms with E-state index in [9.17, 15) is 9.00 Å². The molecule has 1 rings (SSSR count). The highest BCUT2D eigenvalue weighted by atomic mass is 32.2. The Bertz CT molecular complexity index is 271. The zero-order valence-electron chi connectivity index (χ0n) is 10.4. The highest BCUT2D eigenvalue weighted by Gasteiger charge is 2.30. The summed E-state index contributed by atoms with van der Waals surface area (Å²) < 4.78 is 11.0. The summed E-state index contributed by atoms with van der Waals surface area (Å²) in [6.45, 7) is 2.89. The molecule has 0 aromatic carbocycles. The van der Waals surface area contributed by atoms with Crippen molar-refractivity contribution in [3.63, 3.8) is 0 Å². The number of rotatable bonds is 5. The summed E-state index contributed by atoms with van der Waals surface area (Å²) in [5.41, 5.74) is 0. The highest BCUT2D eigenvalue weighted by Crippen LogP contribution is 2.16. The number of nitrogens with zero attached hydrogens (tertiary/aromatic N) is 1. The van der Waals surface area contributed by atoms with Gasteiger partial charge >= 0.3 is 0 Å². The predicted molar refractivity (Wildman–Crippen MR) is 66.8 cm³/mol. The number of piperidine rings is 1. The van der Waals surface area contributed by atoms with Crippen molar-refractivity contribution in [3.05, 3.63) is 0 Å². The van der Waals surface area contributed by atoms with E-state index in [-0.39, 0.29) is 18.0 Å². The SMILES string of the molecule is CNC1CCCN(C(C)CCS(C)=O)C1=O. The van der Waals surface area contributed by atoms with Gasteiger partial charge in [0, 0.05) is 35.4 Å². The minimum Gasteiger partial charge on any atom is -0.339 e. The van der Waals surface area contributed by atoms with Crippen LogP contribution in [0.4, 0.5) is 0 Å². The molecule has 1 heterocycles.